The van der Waals surface area contributed by atoms with E-state index in [2.05, 4.69) is 21.8 Å². The van der Waals surface area contributed by atoms with Crippen molar-refractivity contribution in [1.82, 2.24) is 15.2 Å². The Labute approximate surface area is 145 Å². The summed E-state index contributed by atoms with van der Waals surface area (Å²) in [6.07, 6.45) is 2.88. The number of carbonyl (C=O) groups excluding carboxylic acids is 1. The Morgan fingerprint density at radius 2 is 2.21 bits per heavy atom. The summed E-state index contributed by atoms with van der Waals surface area (Å²) in [5.41, 5.74) is 0.927. The number of hydrogen-bond donors (Lipinski definition) is 1. The minimum atomic E-state index is -0.619. The molecule has 2 rings (SSSR count). The third kappa shape index (κ3) is 5.82. The molecule has 1 aromatic carbocycles. The van der Waals surface area contributed by atoms with Crippen molar-refractivity contribution in [3.05, 3.63) is 54.9 Å². The van der Waals surface area contributed by atoms with Gasteiger partial charge in [0.2, 0.25) is 0 Å². The van der Waals surface area contributed by atoms with Crippen LogP contribution in [0.3, 0.4) is 0 Å². The molecule has 2 atom stereocenters. The summed E-state index contributed by atoms with van der Waals surface area (Å²) < 4.78 is 11.1. The first-order valence-electron chi connectivity index (χ1n) is 7.66. The van der Waals surface area contributed by atoms with E-state index >= 15 is 0 Å². The van der Waals surface area contributed by atoms with Crippen molar-refractivity contribution in [2.24, 2.45) is 0 Å². The highest BCUT2D eigenvalue weighted by Gasteiger charge is 2.22. The number of rotatable bonds is 10. The fourth-order valence-electron chi connectivity index (χ4n) is 1.92. The number of H-pyrrole nitrogens is 1. The van der Waals surface area contributed by atoms with Crippen LogP contribution in [0, 0.1) is 0 Å². The summed E-state index contributed by atoms with van der Waals surface area (Å²) in [6, 6.07) is 9.62. The van der Waals surface area contributed by atoms with E-state index in [4.69, 9.17) is 9.47 Å². The Kier molecular flexibility index (Phi) is 7.51. The number of ether oxygens (including phenoxy) is 2. The molecule has 24 heavy (non-hydrogen) atoms. The van der Waals surface area contributed by atoms with Crippen LogP contribution in [0.4, 0.5) is 0 Å². The van der Waals surface area contributed by atoms with E-state index < -0.39 is 6.10 Å². The fourth-order valence-corrected chi connectivity index (χ4v) is 2.73. The molecule has 0 amide bonds. The van der Waals surface area contributed by atoms with Crippen LogP contribution < -0.4 is 0 Å². The van der Waals surface area contributed by atoms with E-state index in [0.717, 1.165) is 5.56 Å². The fraction of sp³-hybridized carbons (Fsp3) is 0.353. The van der Waals surface area contributed by atoms with Crippen LogP contribution in [0.5, 0.6) is 0 Å². The van der Waals surface area contributed by atoms with Crippen LogP contribution in [0.25, 0.3) is 0 Å². The van der Waals surface area contributed by atoms with Crippen LogP contribution >= 0.6 is 11.8 Å². The maximum absolute atomic E-state index is 12.3. The summed E-state index contributed by atoms with van der Waals surface area (Å²) in [6.45, 7) is 5.76. The third-order valence-electron chi connectivity index (χ3n) is 3.22. The number of thioether (sulfide) groups is 1. The summed E-state index contributed by atoms with van der Waals surface area (Å²) in [5, 5.41) is 7.28. The zero-order valence-corrected chi connectivity index (χ0v) is 14.4. The van der Waals surface area contributed by atoms with Gasteiger partial charge in [-0.3, -0.25) is 5.10 Å². The first-order chi connectivity index (χ1) is 11.7. The van der Waals surface area contributed by atoms with E-state index in [0.29, 0.717) is 23.9 Å². The normalized spacial score (nSPS) is 13.2. The summed E-state index contributed by atoms with van der Waals surface area (Å²) in [4.78, 5) is 16.3. The molecule has 0 bridgehead atoms. The molecular weight excluding hydrogens is 326 g/mol. The summed E-state index contributed by atoms with van der Waals surface area (Å²) >= 11 is 1.44. The zero-order valence-electron chi connectivity index (χ0n) is 13.6. The van der Waals surface area contributed by atoms with Gasteiger partial charge in [0.1, 0.15) is 12.4 Å². The van der Waals surface area contributed by atoms with Gasteiger partial charge < -0.3 is 9.47 Å². The van der Waals surface area contributed by atoms with Crippen molar-refractivity contribution < 1.29 is 14.3 Å². The monoisotopic (exact) mass is 347 g/mol. The molecule has 7 heteroatoms. The lowest BCUT2D eigenvalue weighted by Gasteiger charge is -2.20. The second-order valence-corrected chi connectivity index (χ2v) is 6.04. The quantitative estimate of drug-likeness (QED) is 0.308. The van der Waals surface area contributed by atoms with Gasteiger partial charge in [-0.05, 0) is 18.9 Å². The van der Waals surface area contributed by atoms with Gasteiger partial charge in [-0.2, -0.15) is 5.10 Å². The van der Waals surface area contributed by atoms with E-state index in [1.807, 2.05) is 30.3 Å². The number of aromatic amines is 1. The molecule has 0 saturated carbocycles. The van der Waals surface area contributed by atoms with Crippen molar-refractivity contribution in [3.63, 3.8) is 0 Å². The van der Waals surface area contributed by atoms with Crippen LogP contribution in [-0.2, 0) is 14.3 Å². The Balaban J connectivity index is 1.97. The molecule has 1 heterocycles. The van der Waals surface area contributed by atoms with Gasteiger partial charge in [-0.15, -0.1) is 6.58 Å². The largest absolute Gasteiger partial charge is 0.455 e. The van der Waals surface area contributed by atoms with Crippen LogP contribution in [0.1, 0.15) is 25.0 Å². The average Bonchev–Trinajstić information content (AvgIpc) is 3.12. The van der Waals surface area contributed by atoms with Gasteiger partial charge in [-0.25, -0.2) is 9.78 Å². The summed E-state index contributed by atoms with van der Waals surface area (Å²) in [5.74, 6) is 0.149. The van der Waals surface area contributed by atoms with Crippen LogP contribution in [0.15, 0.2) is 54.5 Å². The standard InChI is InChI=1S/C17H21N3O3S/c1-3-4-10-22-13(2)16(21)23-15(14-8-6-5-7-9-14)11-24-17-18-12-19-20-17/h3,5-9,12-13,15H,1,4,10-11H2,2H3,(H,18,19,20)/t13-,15-/m1/s1. The zero-order chi connectivity index (χ0) is 17.2. The van der Waals surface area contributed by atoms with Gasteiger partial charge in [0.05, 0.1) is 6.61 Å². The van der Waals surface area contributed by atoms with Gasteiger partial charge in [0.25, 0.3) is 0 Å². The number of nitrogens with one attached hydrogen (secondary N) is 1. The minimum absolute atomic E-state index is 0.383. The molecule has 6 nitrogen and oxygen atoms in total. The SMILES string of the molecule is C=CCCO[C@H](C)C(=O)O[C@H](CSc1ncn[nH]1)c1ccccc1. The van der Waals surface area contributed by atoms with Gasteiger partial charge >= 0.3 is 5.97 Å². The van der Waals surface area contributed by atoms with E-state index in [1.54, 1.807) is 13.0 Å². The van der Waals surface area contributed by atoms with Crippen molar-refractivity contribution in [2.75, 3.05) is 12.4 Å². The predicted octanol–water partition coefficient (Wildman–Crippen LogP) is 3.16. The van der Waals surface area contributed by atoms with Gasteiger partial charge in [0.15, 0.2) is 11.3 Å². The molecule has 2 aromatic rings. The van der Waals surface area contributed by atoms with Crippen molar-refractivity contribution >= 4 is 17.7 Å². The highest BCUT2D eigenvalue weighted by atomic mass is 32.2. The first kappa shape index (κ1) is 18.2. The molecule has 0 radical (unpaired) electrons. The Morgan fingerprint density at radius 3 is 2.88 bits per heavy atom. The first-order valence-corrected chi connectivity index (χ1v) is 8.65. The van der Waals surface area contributed by atoms with Crippen molar-refractivity contribution in [3.8, 4) is 0 Å². The molecule has 0 aliphatic rings. The predicted molar refractivity (Wildman–Crippen MR) is 92.6 cm³/mol. The van der Waals surface area contributed by atoms with Gasteiger partial charge in [-0.1, -0.05) is 48.2 Å². The molecule has 128 valence electrons. The molecule has 0 spiro atoms. The number of hydrogen-bond acceptors (Lipinski definition) is 6. The smallest absolute Gasteiger partial charge is 0.335 e. The van der Waals surface area contributed by atoms with E-state index in [-0.39, 0.29) is 12.1 Å². The second kappa shape index (κ2) is 9.89. The van der Waals surface area contributed by atoms with E-state index in [1.165, 1.54) is 18.1 Å². The lowest BCUT2D eigenvalue weighted by atomic mass is 10.1. The molecule has 0 unspecified atom stereocenters. The summed E-state index contributed by atoms with van der Waals surface area (Å²) in [7, 11) is 0. The Hall–Kier alpha value is -2.12. The van der Waals surface area contributed by atoms with Crippen LogP contribution in [0.2, 0.25) is 0 Å². The second-order valence-electron chi connectivity index (χ2n) is 5.03. The third-order valence-corrected chi connectivity index (χ3v) is 4.16. The molecular formula is C17H21N3O3S. The minimum Gasteiger partial charge on any atom is -0.455 e. The van der Waals surface area contributed by atoms with Crippen molar-refractivity contribution in [1.29, 1.82) is 0 Å². The molecule has 0 saturated heterocycles. The van der Waals surface area contributed by atoms with Crippen molar-refractivity contribution in [2.45, 2.75) is 30.7 Å². The highest BCUT2D eigenvalue weighted by Crippen LogP contribution is 2.25. The highest BCUT2D eigenvalue weighted by molar-refractivity contribution is 7.99. The number of nitrogens with zero attached hydrogens (tertiary/aromatic N) is 2. The maximum Gasteiger partial charge on any atom is 0.335 e. The molecule has 1 aromatic heterocycles. The van der Waals surface area contributed by atoms with Gasteiger partial charge in [0, 0.05) is 5.75 Å². The molecule has 0 aliphatic carbocycles. The Bertz CT molecular complexity index is 619. The molecule has 1 N–H and O–H groups in total. The number of esters is 1. The van der Waals surface area contributed by atoms with E-state index in [9.17, 15) is 4.79 Å². The Morgan fingerprint density at radius 1 is 1.42 bits per heavy atom. The average molecular weight is 347 g/mol. The van der Waals surface area contributed by atoms with Crippen LogP contribution in [-0.4, -0.2) is 39.6 Å². The topological polar surface area (TPSA) is 77.1 Å². The lowest BCUT2D eigenvalue weighted by Crippen LogP contribution is -2.26. The lowest BCUT2D eigenvalue weighted by molar-refractivity contribution is -0.160. The maximum atomic E-state index is 12.3. The molecule has 0 aliphatic heterocycles. The number of benzene rings is 1. The number of carbonyl (C=O) groups is 1. The number of aromatic nitrogens is 3. The molecule has 0 fully saturated rings.